The lowest BCUT2D eigenvalue weighted by Gasteiger charge is -2.16. The summed E-state index contributed by atoms with van der Waals surface area (Å²) in [5.74, 6) is 1.32. The zero-order valence-electron chi connectivity index (χ0n) is 16.4. The van der Waals surface area contributed by atoms with E-state index in [9.17, 15) is 4.79 Å². The first-order chi connectivity index (χ1) is 12.8. The monoisotopic (exact) mass is 390 g/mol. The Labute approximate surface area is 164 Å². The van der Waals surface area contributed by atoms with Crippen LogP contribution in [0.15, 0.2) is 28.1 Å². The Bertz CT molecular complexity index is 926. The zero-order chi connectivity index (χ0) is 20.0. The molecular weight excluding hydrogens is 364 g/mol. The summed E-state index contributed by atoms with van der Waals surface area (Å²) in [5, 5.41) is 11.0. The Morgan fingerprint density at radius 2 is 2.00 bits per heavy atom. The largest absolute Gasteiger partial charge is 0.490 e. The van der Waals surface area contributed by atoms with Crippen LogP contribution in [0.3, 0.4) is 0 Å². The molecule has 2 rings (SSSR count). The summed E-state index contributed by atoms with van der Waals surface area (Å²) < 4.78 is 12.6. The van der Waals surface area contributed by atoms with Gasteiger partial charge in [0.1, 0.15) is 5.69 Å². The Hall–Kier alpha value is -2.48. The first-order valence-corrected chi connectivity index (χ1v) is 9.35. The molecule has 0 saturated carbocycles. The number of H-pyrrole nitrogens is 1. The van der Waals surface area contributed by atoms with Crippen molar-refractivity contribution in [1.29, 1.82) is 0 Å². The second kappa shape index (κ2) is 8.94. The van der Waals surface area contributed by atoms with E-state index in [1.54, 1.807) is 6.21 Å². The Morgan fingerprint density at radius 1 is 1.26 bits per heavy atom. The van der Waals surface area contributed by atoms with Crippen molar-refractivity contribution in [3.63, 3.8) is 0 Å². The molecule has 0 radical (unpaired) electrons. The lowest BCUT2D eigenvalue weighted by atomic mass is 9.93. The molecule has 1 heterocycles. The molecule has 146 valence electrons. The molecule has 0 spiro atoms. The van der Waals surface area contributed by atoms with Crippen LogP contribution in [0, 0.1) is 4.77 Å². The van der Waals surface area contributed by atoms with Crippen LogP contribution in [-0.4, -0.2) is 34.3 Å². The van der Waals surface area contributed by atoms with Gasteiger partial charge in [-0.05, 0) is 49.3 Å². The Kier molecular flexibility index (Phi) is 6.90. The number of benzene rings is 1. The van der Waals surface area contributed by atoms with E-state index < -0.39 is 5.41 Å². The molecule has 1 aromatic heterocycles. The highest BCUT2D eigenvalue weighted by molar-refractivity contribution is 7.71. The summed E-state index contributed by atoms with van der Waals surface area (Å²) in [6, 6.07) is 5.50. The third kappa shape index (κ3) is 5.26. The van der Waals surface area contributed by atoms with Crippen LogP contribution in [0.1, 0.15) is 52.3 Å². The molecule has 1 N–H and O–H groups in total. The van der Waals surface area contributed by atoms with E-state index >= 15 is 0 Å². The number of aromatic nitrogens is 3. The van der Waals surface area contributed by atoms with Gasteiger partial charge in [0.2, 0.25) is 4.77 Å². The minimum absolute atomic E-state index is 0.136. The third-order valence-corrected chi connectivity index (χ3v) is 3.88. The maximum atomic E-state index is 12.7. The SMILES string of the molecule is CCCOc1ccc(/C=N\n2c(=S)[nH]nc(C(C)(C)C)c2=O)cc1OCC. The van der Waals surface area contributed by atoms with Gasteiger partial charge in [-0.15, -0.1) is 0 Å². The maximum Gasteiger partial charge on any atom is 0.297 e. The molecule has 7 nitrogen and oxygen atoms in total. The third-order valence-electron chi connectivity index (χ3n) is 3.61. The van der Waals surface area contributed by atoms with Crippen molar-refractivity contribution < 1.29 is 9.47 Å². The van der Waals surface area contributed by atoms with Crippen molar-refractivity contribution in [2.24, 2.45) is 5.10 Å². The van der Waals surface area contributed by atoms with Crippen LogP contribution >= 0.6 is 12.2 Å². The minimum Gasteiger partial charge on any atom is -0.490 e. The summed E-state index contributed by atoms with van der Waals surface area (Å²) in [7, 11) is 0. The molecule has 0 amide bonds. The molecule has 0 aliphatic heterocycles. The average Bonchev–Trinajstić information content (AvgIpc) is 2.60. The lowest BCUT2D eigenvalue weighted by molar-refractivity contribution is 0.277. The molecule has 0 atom stereocenters. The first-order valence-electron chi connectivity index (χ1n) is 8.94. The van der Waals surface area contributed by atoms with Crippen molar-refractivity contribution in [3.05, 3.63) is 44.6 Å². The fourth-order valence-corrected chi connectivity index (χ4v) is 2.49. The molecular formula is C19H26N4O3S. The number of rotatable bonds is 7. The molecule has 0 bridgehead atoms. The molecule has 0 fully saturated rings. The van der Waals surface area contributed by atoms with E-state index in [2.05, 4.69) is 15.3 Å². The van der Waals surface area contributed by atoms with Gasteiger partial charge >= 0.3 is 0 Å². The first kappa shape index (κ1) is 20.8. The van der Waals surface area contributed by atoms with Gasteiger partial charge in [0, 0.05) is 5.41 Å². The van der Waals surface area contributed by atoms with Crippen LogP contribution in [-0.2, 0) is 5.41 Å². The van der Waals surface area contributed by atoms with Crippen molar-refractivity contribution in [1.82, 2.24) is 14.9 Å². The predicted molar refractivity (Wildman–Crippen MR) is 109 cm³/mol. The molecule has 0 saturated heterocycles. The summed E-state index contributed by atoms with van der Waals surface area (Å²) in [6.45, 7) is 10.8. The van der Waals surface area contributed by atoms with E-state index in [4.69, 9.17) is 21.7 Å². The van der Waals surface area contributed by atoms with Crippen molar-refractivity contribution in [2.45, 2.75) is 46.5 Å². The van der Waals surface area contributed by atoms with Gasteiger partial charge in [-0.1, -0.05) is 27.7 Å². The average molecular weight is 391 g/mol. The summed E-state index contributed by atoms with van der Waals surface area (Å²) in [4.78, 5) is 12.7. The fraction of sp³-hybridized carbons (Fsp3) is 0.474. The second-order valence-electron chi connectivity index (χ2n) is 6.98. The van der Waals surface area contributed by atoms with Gasteiger partial charge in [0.05, 0.1) is 19.4 Å². The summed E-state index contributed by atoms with van der Waals surface area (Å²) >= 11 is 5.16. The minimum atomic E-state index is -0.422. The molecule has 1 aromatic carbocycles. The van der Waals surface area contributed by atoms with Crippen LogP contribution in [0.25, 0.3) is 0 Å². The highest BCUT2D eigenvalue weighted by Crippen LogP contribution is 2.28. The van der Waals surface area contributed by atoms with Gasteiger partial charge in [0.15, 0.2) is 11.5 Å². The van der Waals surface area contributed by atoms with Gasteiger partial charge in [0.25, 0.3) is 5.56 Å². The van der Waals surface area contributed by atoms with Crippen LogP contribution in [0.2, 0.25) is 0 Å². The molecule has 8 heteroatoms. The van der Waals surface area contributed by atoms with Crippen molar-refractivity contribution in [2.75, 3.05) is 13.2 Å². The van der Waals surface area contributed by atoms with Crippen LogP contribution in [0.4, 0.5) is 0 Å². The predicted octanol–water partition coefficient (Wildman–Crippen LogP) is 3.67. The molecule has 0 aliphatic rings. The molecule has 27 heavy (non-hydrogen) atoms. The zero-order valence-corrected chi connectivity index (χ0v) is 17.2. The topological polar surface area (TPSA) is 81.5 Å². The Morgan fingerprint density at radius 3 is 2.63 bits per heavy atom. The summed E-state index contributed by atoms with van der Waals surface area (Å²) in [6.07, 6.45) is 2.47. The van der Waals surface area contributed by atoms with E-state index in [0.29, 0.717) is 30.4 Å². The Balaban J connectivity index is 2.40. The van der Waals surface area contributed by atoms with Gasteiger partial charge in [-0.3, -0.25) is 9.89 Å². The number of aromatic amines is 1. The lowest BCUT2D eigenvalue weighted by Crippen LogP contribution is -2.32. The highest BCUT2D eigenvalue weighted by Gasteiger charge is 2.21. The quantitative estimate of drug-likeness (QED) is 0.576. The summed E-state index contributed by atoms with van der Waals surface area (Å²) in [5.41, 5.74) is 0.369. The van der Waals surface area contributed by atoms with E-state index in [1.807, 2.05) is 52.8 Å². The number of hydrogen-bond donors (Lipinski definition) is 1. The van der Waals surface area contributed by atoms with Gasteiger partial charge in [-0.25, -0.2) is 0 Å². The standard InChI is InChI=1S/C19H26N4O3S/c1-6-10-26-14-9-8-13(11-15(14)25-7-2)12-20-23-17(24)16(19(3,4)5)21-22-18(23)27/h8-9,11-12H,6-7,10H2,1-5H3,(H,22,27)/b20-12-. The van der Waals surface area contributed by atoms with Crippen molar-refractivity contribution in [3.8, 4) is 11.5 Å². The van der Waals surface area contributed by atoms with E-state index in [1.165, 1.54) is 0 Å². The fourth-order valence-electron chi connectivity index (χ4n) is 2.31. The number of ether oxygens (including phenoxy) is 2. The van der Waals surface area contributed by atoms with Crippen LogP contribution in [0.5, 0.6) is 11.5 Å². The molecule has 0 aliphatic carbocycles. The van der Waals surface area contributed by atoms with Gasteiger partial charge in [-0.2, -0.15) is 14.9 Å². The highest BCUT2D eigenvalue weighted by atomic mass is 32.1. The smallest absolute Gasteiger partial charge is 0.297 e. The number of nitrogens with one attached hydrogen (secondary N) is 1. The maximum absolute atomic E-state index is 12.7. The molecule has 0 unspecified atom stereocenters. The normalized spacial score (nSPS) is 11.7. The second-order valence-corrected chi connectivity index (χ2v) is 7.36. The van der Waals surface area contributed by atoms with E-state index in [0.717, 1.165) is 16.7 Å². The number of hydrogen-bond acceptors (Lipinski definition) is 6. The van der Waals surface area contributed by atoms with Gasteiger partial charge < -0.3 is 9.47 Å². The number of nitrogens with zero attached hydrogens (tertiary/aromatic N) is 3. The molecule has 2 aromatic rings. The van der Waals surface area contributed by atoms with Crippen molar-refractivity contribution >= 4 is 18.4 Å². The van der Waals surface area contributed by atoms with E-state index in [-0.39, 0.29) is 10.3 Å². The van der Waals surface area contributed by atoms with Crippen LogP contribution < -0.4 is 15.0 Å².